The third-order valence-electron chi connectivity index (χ3n) is 5.87. The smallest absolute Gasteiger partial charge is 0.341 e. The average molecular weight is 346 g/mol. The fourth-order valence-electron chi connectivity index (χ4n) is 4.40. The Morgan fingerprint density at radius 3 is 2.76 bits per heavy atom. The molecule has 2 aliphatic carbocycles. The number of hydrogen-bond acceptors (Lipinski definition) is 4. The summed E-state index contributed by atoms with van der Waals surface area (Å²) in [5, 5.41) is 9.46. The van der Waals surface area contributed by atoms with Crippen molar-refractivity contribution in [3.05, 3.63) is 29.5 Å². The van der Waals surface area contributed by atoms with Crippen LogP contribution in [-0.2, 0) is 10.2 Å². The Labute approximate surface area is 143 Å². The zero-order valence-electron chi connectivity index (χ0n) is 13.9. The van der Waals surface area contributed by atoms with Crippen molar-refractivity contribution < 1.29 is 23.8 Å². The van der Waals surface area contributed by atoms with Gasteiger partial charge in [0, 0.05) is 17.8 Å². The summed E-state index contributed by atoms with van der Waals surface area (Å²) < 4.78 is 27.9. The normalized spacial score (nSPS) is 31.0. The lowest BCUT2D eigenvalue weighted by Crippen LogP contribution is -2.45. The molecule has 2 aromatic heterocycles. The van der Waals surface area contributed by atoms with Crippen LogP contribution in [0.5, 0.6) is 5.75 Å². The molecule has 7 heteroatoms. The highest BCUT2D eigenvalue weighted by molar-refractivity contribution is 5.91. The van der Waals surface area contributed by atoms with E-state index in [9.17, 15) is 9.90 Å². The van der Waals surface area contributed by atoms with E-state index in [2.05, 4.69) is 11.9 Å². The van der Waals surface area contributed by atoms with Gasteiger partial charge in [0.05, 0.1) is 24.0 Å². The molecule has 0 aromatic carbocycles. The van der Waals surface area contributed by atoms with Gasteiger partial charge < -0.3 is 19.0 Å². The van der Waals surface area contributed by atoms with Gasteiger partial charge in [-0.2, -0.15) is 4.39 Å². The van der Waals surface area contributed by atoms with Crippen LogP contribution < -0.4 is 4.74 Å². The van der Waals surface area contributed by atoms with Crippen LogP contribution in [0, 0.1) is 5.82 Å². The van der Waals surface area contributed by atoms with Gasteiger partial charge in [-0.15, -0.1) is 0 Å². The van der Waals surface area contributed by atoms with Crippen molar-refractivity contribution in [1.82, 2.24) is 9.38 Å². The molecule has 0 unspecified atom stereocenters. The van der Waals surface area contributed by atoms with Gasteiger partial charge in [-0.05, 0) is 39.0 Å². The Kier molecular flexibility index (Phi) is 2.86. The van der Waals surface area contributed by atoms with Gasteiger partial charge in [0.25, 0.3) is 0 Å². The summed E-state index contributed by atoms with van der Waals surface area (Å²) in [6, 6.07) is 0. The van der Waals surface area contributed by atoms with E-state index in [1.54, 1.807) is 6.20 Å². The van der Waals surface area contributed by atoms with E-state index in [0.29, 0.717) is 6.61 Å². The summed E-state index contributed by atoms with van der Waals surface area (Å²) in [6.45, 7) is 2.65. The summed E-state index contributed by atoms with van der Waals surface area (Å²) in [6.07, 6.45) is 7.41. The quantitative estimate of drug-likeness (QED) is 0.921. The third-order valence-corrected chi connectivity index (χ3v) is 5.87. The molecule has 2 aromatic rings. The minimum Gasteiger partial charge on any atom is -0.486 e. The van der Waals surface area contributed by atoms with Gasteiger partial charge in [0.1, 0.15) is 5.56 Å². The van der Waals surface area contributed by atoms with Crippen LogP contribution in [-0.4, -0.2) is 38.8 Å². The summed E-state index contributed by atoms with van der Waals surface area (Å²) in [4.78, 5) is 16.1. The Hall–Kier alpha value is -2.15. The number of halogens is 1. The number of nitrogens with zero attached hydrogens (tertiary/aromatic N) is 2. The van der Waals surface area contributed by atoms with Crippen molar-refractivity contribution in [3.8, 4) is 5.75 Å². The number of fused-ring (bicyclic) bond motifs is 2. The highest BCUT2D eigenvalue weighted by Gasteiger charge is 2.61. The summed E-state index contributed by atoms with van der Waals surface area (Å²) in [5.74, 6) is -2.10. The van der Waals surface area contributed by atoms with Gasteiger partial charge >= 0.3 is 5.97 Å². The fourth-order valence-corrected chi connectivity index (χ4v) is 4.40. The lowest BCUT2D eigenvalue weighted by molar-refractivity contribution is 0.0154. The molecule has 6 rings (SSSR count). The largest absolute Gasteiger partial charge is 0.486 e. The molecule has 4 heterocycles. The highest BCUT2D eigenvalue weighted by atomic mass is 19.1. The molecule has 25 heavy (non-hydrogen) atoms. The van der Waals surface area contributed by atoms with Crippen molar-refractivity contribution in [3.63, 3.8) is 0 Å². The SMILES string of the molecule is CC12CC(c3cn4cc(C(=O)O)c(OC5CCC5)c(F)c4n3)(CO1)C2. The van der Waals surface area contributed by atoms with Crippen LogP contribution in [0.1, 0.15) is 55.1 Å². The van der Waals surface area contributed by atoms with Gasteiger partial charge in [0.15, 0.2) is 11.4 Å². The monoisotopic (exact) mass is 346 g/mol. The number of ether oxygens (including phenoxy) is 2. The van der Waals surface area contributed by atoms with E-state index >= 15 is 4.39 Å². The van der Waals surface area contributed by atoms with Gasteiger partial charge in [-0.25, -0.2) is 9.78 Å². The van der Waals surface area contributed by atoms with Gasteiger partial charge in [-0.3, -0.25) is 0 Å². The van der Waals surface area contributed by atoms with E-state index < -0.39 is 11.8 Å². The molecular formula is C18H19FN2O4. The van der Waals surface area contributed by atoms with Crippen LogP contribution in [0.25, 0.3) is 5.65 Å². The van der Waals surface area contributed by atoms with Crippen molar-refractivity contribution >= 4 is 11.6 Å². The molecular weight excluding hydrogens is 327 g/mol. The number of aromatic nitrogens is 2. The second-order valence-electron chi connectivity index (χ2n) is 7.89. The highest BCUT2D eigenvalue weighted by Crippen LogP contribution is 2.58. The first-order valence-corrected chi connectivity index (χ1v) is 8.65. The Morgan fingerprint density at radius 1 is 1.44 bits per heavy atom. The number of hydrogen-bond donors (Lipinski definition) is 1. The van der Waals surface area contributed by atoms with Crippen LogP contribution >= 0.6 is 0 Å². The Morgan fingerprint density at radius 2 is 2.20 bits per heavy atom. The lowest BCUT2D eigenvalue weighted by atomic mass is 9.62. The van der Waals surface area contributed by atoms with Gasteiger partial charge in [0.2, 0.25) is 5.82 Å². The molecule has 1 N–H and O–H groups in total. The zero-order chi connectivity index (χ0) is 17.4. The molecule has 0 atom stereocenters. The van der Waals surface area contributed by atoms with Crippen LogP contribution in [0.2, 0.25) is 0 Å². The fraction of sp³-hybridized carbons (Fsp3) is 0.556. The summed E-state index contributed by atoms with van der Waals surface area (Å²) in [5.41, 5.74) is 0.437. The maximum Gasteiger partial charge on any atom is 0.341 e. The van der Waals surface area contributed by atoms with Gasteiger partial charge in [-0.1, -0.05) is 0 Å². The minimum atomic E-state index is -1.20. The number of carboxylic acids is 1. The van der Waals surface area contributed by atoms with Crippen LogP contribution in [0.3, 0.4) is 0 Å². The standard InChI is InChI=1S/C18H19FN2O4/c1-17-7-18(8-17,9-24-17)12-6-21-5-11(16(22)23)14(13(19)15(21)20-12)25-10-3-2-4-10/h5-6,10H,2-4,7-9H2,1H3,(H,22,23). The van der Waals surface area contributed by atoms with E-state index in [1.807, 2.05) is 0 Å². The maximum absolute atomic E-state index is 15.0. The van der Waals surface area contributed by atoms with E-state index in [1.165, 1.54) is 10.6 Å². The molecule has 0 amide bonds. The molecule has 4 fully saturated rings. The minimum absolute atomic E-state index is 0.0981. The zero-order valence-corrected chi connectivity index (χ0v) is 13.9. The first-order valence-electron chi connectivity index (χ1n) is 8.65. The molecule has 0 radical (unpaired) electrons. The number of rotatable bonds is 4. The average Bonchev–Trinajstić information content (AvgIpc) is 3.14. The molecule has 2 aliphatic heterocycles. The van der Waals surface area contributed by atoms with Crippen molar-refractivity contribution in [2.75, 3.05) is 6.61 Å². The van der Waals surface area contributed by atoms with E-state index in [0.717, 1.165) is 37.8 Å². The first-order chi connectivity index (χ1) is 11.9. The third kappa shape index (κ3) is 2.05. The Bertz CT molecular complexity index is 896. The van der Waals surface area contributed by atoms with Crippen molar-refractivity contribution in [2.24, 2.45) is 0 Å². The molecule has 2 saturated carbocycles. The maximum atomic E-state index is 15.0. The van der Waals surface area contributed by atoms with E-state index in [-0.39, 0.29) is 34.1 Å². The molecule has 2 bridgehead atoms. The number of carbonyl (C=O) groups is 1. The summed E-state index contributed by atoms with van der Waals surface area (Å²) in [7, 11) is 0. The predicted molar refractivity (Wildman–Crippen MR) is 85.6 cm³/mol. The molecule has 6 nitrogen and oxygen atoms in total. The molecule has 4 aliphatic rings. The lowest BCUT2D eigenvalue weighted by Gasteiger charge is -2.41. The number of imidazole rings is 1. The molecule has 132 valence electrons. The van der Waals surface area contributed by atoms with Crippen LogP contribution in [0.4, 0.5) is 4.39 Å². The second-order valence-corrected chi connectivity index (χ2v) is 7.89. The molecule has 2 saturated heterocycles. The predicted octanol–water partition coefficient (Wildman–Crippen LogP) is 2.92. The second kappa shape index (κ2) is 4.72. The van der Waals surface area contributed by atoms with Crippen molar-refractivity contribution in [2.45, 2.75) is 56.1 Å². The number of pyridine rings is 1. The Balaban J connectivity index is 1.61. The number of carboxylic acid groups (broad SMARTS) is 1. The first kappa shape index (κ1) is 15.1. The molecule has 0 spiro atoms. The van der Waals surface area contributed by atoms with Crippen LogP contribution in [0.15, 0.2) is 12.4 Å². The van der Waals surface area contributed by atoms with E-state index in [4.69, 9.17) is 9.47 Å². The topological polar surface area (TPSA) is 73.1 Å². The summed E-state index contributed by atoms with van der Waals surface area (Å²) >= 11 is 0. The number of aromatic carboxylic acids is 1. The van der Waals surface area contributed by atoms with Crippen molar-refractivity contribution in [1.29, 1.82) is 0 Å².